The van der Waals surface area contributed by atoms with Gasteiger partial charge >= 0.3 is 0 Å². The summed E-state index contributed by atoms with van der Waals surface area (Å²) < 4.78 is 7.55. The first-order valence-electron chi connectivity index (χ1n) is 8.38. The molecule has 0 saturated carbocycles. The van der Waals surface area contributed by atoms with Gasteiger partial charge in [-0.3, -0.25) is 4.57 Å². The Balaban J connectivity index is 1.71. The molecule has 3 heterocycles. The summed E-state index contributed by atoms with van der Waals surface area (Å²) in [5, 5.41) is 22.7. The maximum atomic E-state index is 10.1. The molecule has 0 unspecified atom stereocenters. The number of ether oxygens (including phenoxy) is 1. The van der Waals surface area contributed by atoms with Gasteiger partial charge in [-0.05, 0) is 5.56 Å². The smallest absolute Gasteiger partial charge is 0.207 e. The molecule has 2 aromatic heterocycles. The molecule has 3 atom stereocenters. The highest BCUT2D eigenvalue weighted by atomic mass is 16.5. The lowest BCUT2D eigenvalue weighted by Gasteiger charge is -2.17. The Labute approximate surface area is 149 Å². The van der Waals surface area contributed by atoms with E-state index >= 15 is 0 Å². The van der Waals surface area contributed by atoms with Gasteiger partial charge in [-0.25, -0.2) is 15.0 Å². The predicted molar refractivity (Wildman–Crippen MR) is 95.1 cm³/mol. The molecule has 1 aliphatic heterocycles. The Kier molecular flexibility index (Phi) is 4.41. The molecule has 3 aromatic rings. The molecular formula is C17H20N6O3. The number of nitrogens with two attached hydrogens (primary N) is 1. The van der Waals surface area contributed by atoms with Crippen LogP contribution in [0.5, 0.6) is 0 Å². The number of hydrogen-bond donors (Lipinski definition) is 4. The second-order valence-electron chi connectivity index (χ2n) is 6.19. The monoisotopic (exact) mass is 356 g/mol. The SMILES string of the molecule is Nc1ncnc2c1nc(NCc1ccccc1)n2[C@H]1C[C@H](O)[C@@H](CO)O1. The standard InChI is InChI=1S/C17H20N6O3/c18-15-14-16(21-9-20-15)23(13-6-11(25)12(8-24)26-13)17(22-14)19-7-10-4-2-1-3-5-10/h1-5,9,11-13,24-25H,6-8H2,(H,19,22)(H2,18,20,21)/t11-,12+,13+/m0/s1. The molecule has 1 fully saturated rings. The normalized spacial score (nSPS) is 22.8. The van der Waals surface area contributed by atoms with Crippen molar-refractivity contribution in [3.05, 3.63) is 42.2 Å². The van der Waals surface area contributed by atoms with Crippen LogP contribution in [0.3, 0.4) is 0 Å². The molecule has 9 heteroatoms. The maximum Gasteiger partial charge on any atom is 0.207 e. The Bertz CT molecular complexity index is 900. The van der Waals surface area contributed by atoms with E-state index in [-0.39, 0.29) is 12.4 Å². The summed E-state index contributed by atoms with van der Waals surface area (Å²) in [6.45, 7) is 0.296. The Morgan fingerprint density at radius 1 is 1.27 bits per heavy atom. The molecule has 0 spiro atoms. The van der Waals surface area contributed by atoms with E-state index in [2.05, 4.69) is 20.3 Å². The van der Waals surface area contributed by atoms with Crippen LogP contribution in [0.15, 0.2) is 36.7 Å². The van der Waals surface area contributed by atoms with Gasteiger partial charge < -0.3 is 26.0 Å². The van der Waals surface area contributed by atoms with Crippen LogP contribution in [0.1, 0.15) is 18.2 Å². The van der Waals surface area contributed by atoms with Crippen molar-refractivity contribution in [2.24, 2.45) is 0 Å². The summed E-state index contributed by atoms with van der Waals surface area (Å²) in [5.41, 5.74) is 8.01. The number of nitrogen functional groups attached to an aromatic ring is 1. The minimum absolute atomic E-state index is 0.256. The molecule has 5 N–H and O–H groups in total. The lowest BCUT2D eigenvalue weighted by Crippen LogP contribution is -2.24. The average Bonchev–Trinajstić information content (AvgIpc) is 3.21. The van der Waals surface area contributed by atoms with E-state index in [1.807, 2.05) is 30.3 Å². The lowest BCUT2D eigenvalue weighted by molar-refractivity contribution is -0.0425. The third kappa shape index (κ3) is 2.96. The van der Waals surface area contributed by atoms with Gasteiger partial charge in [0.2, 0.25) is 5.95 Å². The van der Waals surface area contributed by atoms with E-state index in [1.165, 1.54) is 6.33 Å². The van der Waals surface area contributed by atoms with Crippen molar-refractivity contribution in [1.82, 2.24) is 19.5 Å². The fourth-order valence-corrected chi connectivity index (χ4v) is 3.14. The fraction of sp³-hybridized carbons (Fsp3) is 0.353. The zero-order chi connectivity index (χ0) is 18.1. The van der Waals surface area contributed by atoms with Gasteiger partial charge in [0.1, 0.15) is 18.7 Å². The highest BCUT2D eigenvalue weighted by molar-refractivity contribution is 5.84. The van der Waals surface area contributed by atoms with Crippen molar-refractivity contribution < 1.29 is 14.9 Å². The van der Waals surface area contributed by atoms with Crippen molar-refractivity contribution in [1.29, 1.82) is 0 Å². The van der Waals surface area contributed by atoms with Gasteiger partial charge in [0.15, 0.2) is 17.0 Å². The molecule has 0 amide bonds. The minimum Gasteiger partial charge on any atom is -0.394 e. The van der Waals surface area contributed by atoms with Gasteiger partial charge in [-0.1, -0.05) is 30.3 Å². The van der Waals surface area contributed by atoms with Crippen molar-refractivity contribution in [2.75, 3.05) is 17.7 Å². The number of aromatic nitrogens is 4. The molecule has 1 aliphatic rings. The van der Waals surface area contributed by atoms with Crippen LogP contribution in [0.2, 0.25) is 0 Å². The van der Waals surface area contributed by atoms with E-state index in [0.29, 0.717) is 30.1 Å². The summed E-state index contributed by atoms with van der Waals surface area (Å²) in [6.07, 6.45) is -0.228. The summed E-state index contributed by atoms with van der Waals surface area (Å²) in [5.74, 6) is 0.792. The van der Waals surface area contributed by atoms with E-state index in [0.717, 1.165) is 5.56 Å². The number of hydrogen-bond acceptors (Lipinski definition) is 8. The van der Waals surface area contributed by atoms with Crippen LogP contribution in [0.4, 0.5) is 11.8 Å². The zero-order valence-corrected chi connectivity index (χ0v) is 14.0. The van der Waals surface area contributed by atoms with Gasteiger partial charge in [0.25, 0.3) is 0 Å². The van der Waals surface area contributed by atoms with Gasteiger partial charge in [0, 0.05) is 13.0 Å². The molecule has 136 valence electrons. The Hall–Kier alpha value is -2.75. The maximum absolute atomic E-state index is 10.1. The molecular weight excluding hydrogens is 336 g/mol. The molecule has 0 radical (unpaired) electrons. The molecule has 0 bridgehead atoms. The number of fused-ring (bicyclic) bond motifs is 1. The zero-order valence-electron chi connectivity index (χ0n) is 14.0. The van der Waals surface area contributed by atoms with Gasteiger partial charge in [0.05, 0.1) is 12.7 Å². The quantitative estimate of drug-likeness (QED) is 0.524. The third-order valence-electron chi connectivity index (χ3n) is 4.47. The summed E-state index contributed by atoms with van der Waals surface area (Å²) in [4.78, 5) is 12.8. The third-order valence-corrected chi connectivity index (χ3v) is 4.47. The largest absolute Gasteiger partial charge is 0.394 e. The summed E-state index contributed by atoms with van der Waals surface area (Å²) >= 11 is 0. The van der Waals surface area contributed by atoms with Crippen LogP contribution >= 0.6 is 0 Å². The van der Waals surface area contributed by atoms with E-state index < -0.39 is 18.4 Å². The van der Waals surface area contributed by atoms with Crippen LogP contribution in [0.25, 0.3) is 11.2 Å². The average molecular weight is 356 g/mol. The number of aliphatic hydroxyl groups excluding tert-OH is 2. The molecule has 0 aliphatic carbocycles. The van der Waals surface area contributed by atoms with E-state index in [1.54, 1.807) is 4.57 Å². The van der Waals surface area contributed by atoms with Crippen molar-refractivity contribution in [3.8, 4) is 0 Å². The first-order chi connectivity index (χ1) is 12.7. The van der Waals surface area contributed by atoms with Crippen molar-refractivity contribution in [2.45, 2.75) is 31.4 Å². The lowest BCUT2D eigenvalue weighted by atomic mass is 10.2. The van der Waals surface area contributed by atoms with E-state index in [9.17, 15) is 10.2 Å². The minimum atomic E-state index is -0.761. The van der Waals surface area contributed by atoms with Gasteiger partial charge in [-0.15, -0.1) is 0 Å². The number of aliphatic hydroxyl groups is 2. The fourth-order valence-electron chi connectivity index (χ4n) is 3.14. The predicted octanol–water partition coefficient (Wildman–Crippen LogP) is 0.661. The number of nitrogens with one attached hydrogen (secondary N) is 1. The van der Waals surface area contributed by atoms with Crippen molar-refractivity contribution >= 4 is 22.9 Å². The highest BCUT2D eigenvalue weighted by Crippen LogP contribution is 2.34. The Morgan fingerprint density at radius 3 is 2.81 bits per heavy atom. The van der Waals surface area contributed by atoms with Gasteiger partial charge in [-0.2, -0.15) is 0 Å². The summed E-state index contributed by atoms with van der Waals surface area (Å²) in [7, 11) is 0. The number of imidazole rings is 1. The molecule has 26 heavy (non-hydrogen) atoms. The van der Waals surface area contributed by atoms with E-state index in [4.69, 9.17) is 10.5 Å². The first kappa shape index (κ1) is 16.7. The van der Waals surface area contributed by atoms with Crippen LogP contribution in [-0.4, -0.2) is 48.5 Å². The second kappa shape index (κ2) is 6.87. The summed E-state index contributed by atoms with van der Waals surface area (Å²) in [6, 6.07) is 9.90. The second-order valence-corrected chi connectivity index (χ2v) is 6.19. The molecule has 4 rings (SSSR count). The topological polar surface area (TPSA) is 131 Å². The molecule has 1 aromatic carbocycles. The number of rotatable bonds is 5. The van der Waals surface area contributed by atoms with Crippen LogP contribution < -0.4 is 11.1 Å². The number of anilines is 2. The van der Waals surface area contributed by atoms with Crippen molar-refractivity contribution in [3.63, 3.8) is 0 Å². The highest BCUT2D eigenvalue weighted by Gasteiger charge is 2.36. The van der Waals surface area contributed by atoms with Crippen LogP contribution in [0, 0.1) is 0 Å². The first-order valence-corrected chi connectivity index (χ1v) is 8.38. The Morgan fingerprint density at radius 2 is 2.08 bits per heavy atom. The molecule has 9 nitrogen and oxygen atoms in total. The molecule has 1 saturated heterocycles. The van der Waals surface area contributed by atoms with Crippen LogP contribution in [-0.2, 0) is 11.3 Å². The number of nitrogens with zero attached hydrogens (tertiary/aromatic N) is 4. The number of benzene rings is 1.